The van der Waals surface area contributed by atoms with E-state index < -0.39 is 114 Å². The van der Waals surface area contributed by atoms with Crippen LogP contribution in [0.1, 0.15) is 0 Å². The Morgan fingerprint density at radius 3 is 1.10 bits per heavy atom. The molecule has 0 spiro atoms. The summed E-state index contributed by atoms with van der Waals surface area (Å²) < 4.78 is 230. The number of hydrogen-bond donors (Lipinski definition) is 0. The first-order valence-electron chi connectivity index (χ1n) is 10.4. The van der Waals surface area contributed by atoms with Crippen LogP contribution in [0.4, 0.5) is 70.2 Å². The van der Waals surface area contributed by atoms with E-state index >= 15 is 0 Å². The van der Waals surface area contributed by atoms with Crippen molar-refractivity contribution in [3.8, 4) is 0 Å². The van der Waals surface area contributed by atoms with Crippen molar-refractivity contribution in [2.75, 3.05) is 52.9 Å². The van der Waals surface area contributed by atoms with Crippen molar-refractivity contribution < 1.29 is 98.7 Å². The van der Waals surface area contributed by atoms with Crippen LogP contribution in [0.3, 0.4) is 0 Å². The van der Waals surface area contributed by atoms with Gasteiger partial charge in [0.05, 0.1) is 63.7 Å². The van der Waals surface area contributed by atoms with Crippen LogP contribution in [-0.4, -0.2) is 103 Å². The van der Waals surface area contributed by atoms with Gasteiger partial charge in [0.15, 0.2) is 0 Å². The van der Waals surface area contributed by atoms with E-state index in [0.29, 0.717) is 0 Å². The maximum Gasteiger partial charge on any atom is 0.416 e. The lowest BCUT2D eigenvalue weighted by molar-refractivity contribution is -0.352. The number of alkyl halides is 16. The van der Waals surface area contributed by atoms with Gasteiger partial charge in [-0.2, -0.15) is 35.1 Å². The van der Waals surface area contributed by atoms with E-state index in [2.05, 4.69) is 23.7 Å². The molecule has 0 radical (unpaired) electrons. The van der Waals surface area contributed by atoms with Crippen LogP contribution in [0.2, 0.25) is 0 Å². The first-order valence-corrected chi connectivity index (χ1v) is 10.4. The van der Waals surface area contributed by atoms with Gasteiger partial charge in [-0.1, -0.05) is 0 Å². The summed E-state index contributed by atoms with van der Waals surface area (Å²) in [4.78, 5) is 0. The van der Waals surface area contributed by atoms with Gasteiger partial charge in [0.2, 0.25) is 0 Å². The fraction of sp³-hybridized carbons (Fsp3) is 1.00. The van der Waals surface area contributed by atoms with Crippen molar-refractivity contribution in [3.05, 3.63) is 0 Å². The zero-order valence-corrected chi connectivity index (χ0v) is 19.5. The average Bonchev–Trinajstić information content (AvgIpc) is 2.80. The Morgan fingerprint density at radius 2 is 0.825 bits per heavy atom. The molecule has 1 aliphatic heterocycles. The lowest BCUT2D eigenvalue weighted by Gasteiger charge is -2.42. The Hall–Kier alpha value is -1.36. The summed E-state index contributed by atoms with van der Waals surface area (Å²) in [6.07, 6.45) is -39.6. The second-order valence-electron chi connectivity index (χ2n) is 8.59. The highest BCUT2D eigenvalue weighted by atomic mass is 19.3. The zero-order valence-electron chi connectivity index (χ0n) is 19.5. The molecule has 22 heteroatoms. The highest BCUT2D eigenvalue weighted by molar-refractivity contribution is 4.88. The lowest BCUT2D eigenvalue weighted by Crippen LogP contribution is -2.53. The molecule has 6 nitrogen and oxygen atoms in total. The quantitative estimate of drug-likeness (QED) is 0.165. The smallest absolute Gasteiger partial charge is 0.380 e. The third kappa shape index (κ3) is 10.5. The third-order valence-corrected chi connectivity index (χ3v) is 4.93. The Balaban J connectivity index is 3.22. The lowest BCUT2D eigenvalue weighted by atomic mass is 9.87. The van der Waals surface area contributed by atoms with E-state index in [1.54, 1.807) is 0 Å². The van der Waals surface area contributed by atoms with Crippen LogP contribution in [-0.2, 0) is 28.4 Å². The molecule has 1 heterocycles. The molecule has 1 rings (SSSR count). The predicted octanol–water partition coefficient (Wildman–Crippen LogP) is 5.50. The normalized spacial score (nSPS) is 17.4. The van der Waals surface area contributed by atoms with E-state index in [4.69, 9.17) is 4.74 Å². The molecule has 240 valence electrons. The van der Waals surface area contributed by atoms with Gasteiger partial charge in [-0.25, -0.2) is 35.1 Å². The molecule has 0 N–H and O–H groups in total. The largest absolute Gasteiger partial charge is 0.416 e. The molecule has 0 aliphatic carbocycles. The first kappa shape index (κ1) is 36.7. The molecule has 0 aromatic heterocycles. The minimum absolute atomic E-state index is 0.584. The molecule has 0 bridgehead atoms. The summed E-state index contributed by atoms with van der Waals surface area (Å²) in [5.41, 5.74) is -4.94. The van der Waals surface area contributed by atoms with Gasteiger partial charge >= 0.3 is 50.1 Å². The predicted molar refractivity (Wildman–Crippen MR) is 94.1 cm³/mol. The zero-order chi connectivity index (χ0) is 31.2. The van der Waals surface area contributed by atoms with Crippen molar-refractivity contribution in [2.24, 2.45) is 10.8 Å². The van der Waals surface area contributed by atoms with Gasteiger partial charge in [0.25, 0.3) is 0 Å². The van der Waals surface area contributed by atoms with Crippen LogP contribution < -0.4 is 0 Å². The molecule has 0 unspecified atom stereocenters. The van der Waals surface area contributed by atoms with E-state index in [1.165, 1.54) is 0 Å². The molecule has 0 aromatic rings. The van der Waals surface area contributed by atoms with Crippen LogP contribution in [0.15, 0.2) is 0 Å². The molecular formula is C18H20F16O6. The second kappa shape index (κ2) is 13.7. The van der Waals surface area contributed by atoms with Crippen LogP contribution in [0.25, 0.3) is 0 Å². The monoisotopic (exact) mass is 636 g/mol. The van der Waals surface area contributed by atoms with Gasteiger partial charge in [-0.05, 0) is 0 Å². The summed E-state index contributed by atoms with van der Waals surface area (Å²) in [6, 6.07) is 0. The van der Waals surface area contributed by atoms with E-state index in [0.717, 1.165) is 0 Å². The van der Waals surface area contributed by atoms with Crippen LogP contribution in [0.5, 0.6) is 0 Å². The van der Waals surface area contributed by atoms with Crippen LogP contribution in [0, 0.1) is 10.8 Å². The number of hydrogen-bond acceptors (Lipinski definition) is 6. The number of ether oxygens (including phenoxy) is 6. The average molecular weight is 636 g/mol. The standard InChI is InChI=1S/C18H20F16O6/c19-9(20)15(27,28)37-5-13(1-35-2-13)3-36-4-14(6-38-16(29,30)10(21)22,7-39-17(31,32)11(23)24)8-40-18(33,34)12(25)26/h9-12H,1-8H2. The molecule has 0 saturated carbocycles. The minimum atomic E-state index is -5.44. The molecular weight excluding hydrogens is 616 g/mol. The van der Waals surface area contributed by atoms with Gasteiger partial charge in [0.1, 0.15) is 0 Å². The maximum atomic E-state index is 13.3. The van der Waals surface area contributed by atoms with Crippen molar-refractivity contribution in [1.29, 1.82) is 0 Å². The molecule has 0 amide bonds. The third-order valence-electron chi connectivity index (χ3n) is 4.93. The fourth-order valence-electron chi connectivity index (χ4n) is 2.58. The highest BCUT2D eigenvalue weighted by Gasteiger charge is 2.52. The summed E-state index contributed by atoms with van der Waals surface area (Å²) >= 11 is 0. The Kier molecular flexibility index (Phi) is 12.6. The Morgan fingerprint density at radius 1 is 0.500 bits per heavy atom. The molecule has 40 heavy (non-hydrogen) atoms. The molecule has 1 saturated heterocycles. The highest BCUT2D eigenvalue weighted by Crippen LogP contribution is 2.37. The van der Waals surface area contributed by atoms with Gasteiger partial charge in [0, 0.05) is 0 Å². The fourth-order valence-corrected chi connectivity index (χ4v) is 2.58. The number of halogens is 16. The van der Waals surface area contributed by atoms with E-state index in [-0.39, 0.29) is 0 Å². The van der Waals surface area contributed by atoms with Crippen molar-refractivity contribution >= 4 is 0 Å². The Labute approximate surface area is 213 Å². The van der Waals surface area contributed by atoms with Crippen molar-refractivity contribution in [2.45, 2.75) is 50.1 Å². The summed E-state index contributed by atoms with van der Waals surface area (Å²) in [5.74, 6) is 0. The topological polar surface area (TPSA) is 55.4 Å². The van der Waals surface area contributed by atoms with E-state index in [1.807, 2.05) is 0 Å². The summed E-state index contributed by atoms with van der Waals surface area (Å²) in [5, 5.41) is 0. The van der Waals surface area contributed by atoms with Gasteiger partial charge in [-0.15, -0.1) is 0 Å². The second-order valence-corrected chi connectivity index (χ2v) is 8.59. The first-order chi connectivity index (χ1) is 18.0. The SMILES string of the molecule is FC(F)C(F)(F)OCC1(COCC(COC(F)(F)C(F)F)(COC(F)(F)C(F)F)COC(F)(F)C(F)F)COC1. The molecule has 1 fully saturated rings. The van der Waals surface area contributed by atoms with E-state index in [9.17, 15) is 70.2 Å². The van der Waals surface area contributed by atoms with Gasteiger partial charge < -0.3 is 28.4 Å². The molecule has 1 aliphatic rings. The maximum absolute atomic E-state index is 13.3. The summed E-state index contributed by atoms with van der Waals surface area (Å²) in [6.45, 7) is -11.4. The Bertz CT molecular complexity index is 705. The summed E-state index contributed by atoms with van der Waals surface area (Å²) in [7, 11) is 0. The molecule has 0 atom stereocenters. The van der Waals surface area contributed by atoms with Crippen molar-refractivity contribution in [3.63, 3.8) is 0 Å². The minimum Gasteiger partial charge on any atom is -0.380 e. The number of rotatable bonds is 20. The van der Waals surface area contributed by atoms with Crippen molar-refractivity contribution in [1.82, 2.24) is 0 Å². The molecule has 0 aromatic carbocycles. The van der Waals surface area contributed by atoms with Gasteiger partial charge in [-0.3, -0.25) is 0 Å². The van der Waals surface area contributed by atoms with Crippen LogP contribution >= 0.6 is 0 Å².